The van der Waals surface area contributed by atoms with Crippen molar-refractivity contribution in [2.75, 3.05) is 18.6 Å². The van der Waals surface area contributed by atoms with Crippen molar-refractivity contribution in [2.45, 2.75) is 40.0 Å². The second kappa shape index (κ2) is 8.97. The van der Waals surface area contributed by atoms with Crippen molar-refractivity contribution in [1.29, 1.82) is 0 Å². The minimum absolute atomic E-state index is 0.0404. The molecule has 0 spiro atoms. The first kappa shape index (κ1) is 17.9. The Balaban J connectivity index is 2.90. The molecule has 0 saturated carbocycles. The lowest BCUT2D eigenvalue weighted by molar-refractivity contribution is -0.117. The van der Waals surface area contributed by atoms with Crippen LogP contribution in [0.15, 0.2) is 29.3 Å². The maximum atomic E-state index is 12.1. The highest BCUT2D eigenvalue weighted by molar-refractivity contribution is 6.16. The average Bonchev–Trinajstić information content (AvgIpc) is 2.55. The summed E-state index contributed by atoms with van der Waals surface area (Å²) in [6.45, 7) is 6.05. The number of nitrogens with zero attached hydrogens (tertiary/aromatic N) is 2. The number of hydrogen-bond acceptors (Lipinski definition) is 4. The summed E-state index contributed by atoms with van der Waals surface area (Å²) in [6.07, 6.45) is 2.22. The van der Waals surface area contributed by atoms with Crippen LogP contribution in [-0.4, -0.2) is 31.4 Å². The second-order valence-corrected chi connectivity index (χ2v) is 4.89. The average molecular weight is 304 g/mol. The SMILES string of the molecule is CCCCOC(=O)c1ccc(N(C(=O)CC)C(C)=NC)cc1. The number of benzene rings is 1. The predicted octanol–water partition coefficient (Wildman–Crippen LogP) is 3.43. The Morgan fingerprint density at radius 3 is 2.32 bits per heavy atom. The number of unbranched alkanes of at least 4 members (excludes halogenated alkanes) is 1. The van der Waals surface area contributed by atoms with Gasteiger partial charge in [-0.2, -0.15) is 0 Å². The van der Waals surface area contributed by atoms with Gasteiger partial charge in [0.05, 0.1) is 17.9 Å². The van der Waals surface area contributed by atoms with Gasteiger partial charge in [0.2, 0.25) is 5.91 Å². The van der Waals surface area contributed by atoms with Gasteiger partial charge in [0, 0.05) is 13.5 Å². The van der Waals surface area contributed by atoms with Gasteiger partial charge in [-0.3, -0.25) is 14.7 Å². The standard InChI is InChI=1S/C17H24N2O3/c1-5-7-12-22-17(21)14-8-10-15(11-9-14)19(13(3)18-4)16(20)6-2/h8-11H,5-7,12H2,1-4H3. The number of esters is 1. The van der Waals surface area contributed by atoms with Gasteiger partial charge in [-0.1, -0.05) is 20.3 Å². The Hall–Kier alpha value is -2.17. The molecule has 1 aromatic rings. The highest BCUT2D eigenvalue weighted by Crippen LogP contribution is 2.18. The molecule has 1 amide bonds. The summed E-state index contributed by atoms with van der Waals surface area (Å²) in [4.78, 5) is 29.5. The van der Waals surface area contributed by atoms with E-state index in [0.717, 1.165) is 12.8 Å². The molecule has 5 nitrogen and oxygen atoms in total. The Kier molecular flexibility index (Phi) is 7.29. The summed E-state index contributed by atoms with van der Waals surface area (Å²) in [7, 11) is 1.64. The van der Waals surface area contributed by atoms with Crippen molar-refractivity contribution in [3.63, 3.8) is 0 Å². The van der Waals surface area contributed by atoms with E-state index in [2.05, 4.69) is 4.99 Å². The molecule has 0 heterocycles. The lowest BCUT2D eigenvalue weighted by Crippen LogP contribution is -2.34. The normalized spacial score (nSPS) is 11.2. The first-order valence-corrected chi connectivity index (χ1v) is 7.58. The number of hydrogen-bond donors (Lipinski definition) is 0. The number of rotatable bonds is 6. The molecule has 0 bridgehead atoms. The lowest BCUT2D eigenvalue weighted by Gasteiger charge is -2.21. The number of amides is 1. The summed E-state index contributed by atoms with van der Waals surface area (Å²) in [5.74, 6) is 0.237. The number of aliphatic imine (C=N–C) groups is 1. The fraction of sp³-hybridized carbons (Fsp3) is 0.471. The summed E-state index contributed by atoms with van der Waals surface area (Å²) in [6, 6.07) is 6.81. The highest BCUT2D eigenvalue weighted by Gasteiger charge is 2.17. The molecule has 1 rings (SSSR count). The smallest absolute Gasteiger partial charge is 0.338 e. The van der Waals surface area contributed by atoms with Crippen LogP contribution in [-0.2, 0) is 9.53 Å². The molecule has 0 aliphatic rings. The van der Waals surface area contributed by atoms with E-state index in [0.29, 0.717) is 30.1 Å². The van der Waals surface area contributed by atoms with Crippen LogP contribution >= 0.6 is 0 Å². The monoisotopic (exact) mass is 304 g/mol. The van der Waals surface area contributed by atoms with Gasteiger partial charge in [0.1, 0.15) is 5.84 Å². The second-order valence-electron chi connectivity index (χ2n) is 4.89. The molecule has 0 N–H and O–H groups in total. The molecular formula is C17H24N2O3. The molecule has 0 atom stereocenters. The Morgan fingerprint density at radius 2 is 1.82 bits per heavy atom. The van der Waals surface area contributed by atoms with Crippen LogP contribution in [0.25, 0.3) is 0 Å². The van der Waals surface area contributed by atoms with E-state index in [1.807, 2.05) is 6.92 Å². The molecule has 0 saturated heterocycles. The van der Waals surface area contributed by atoms with Gasteiger partial charge in [-0.25, -0.2) is 4.79 Å². The Bertz CT molecular complexity index is 535. The van der Waals surface area contributed by atoms with Crippen molar-refractivity contribution in [2.24, 2.45) is 4.99 Å². The Morgan fingerprint density at radius 1 is 1.18 bits per heavy atom. The molecule has 0 aromatic heterocycles. The zero-order chi connectivity index (χ0) is 16.5. The first-order valence-electron chi connectivity index (χ1n) is 7.58. The number of ether oxygens (including phenoxy) is 1. The molecule has 120 valence electrons. The fourth-order valence-electron chi connectivity index (χ4n) is 1.91. The van der Waals surface area contributed by atoms with Crippen LogP contribution in [0, 0.1) is 0 Å². The minimum Gasteiger partial charge on any atom is -0.462 e. The summed E-state index contributed by atoms with van der Waals surface area (Å²) in [5.41, 5.74) is 1.18. The molecule has 1 aromatic carbocycles. The molecular weight excluding hydrogens is 280 g/mol. The maximum absolute atomic E-state index is 12.1. The van der Waals surface area contributed by atoms with E-state index < -0.39 is 0 Å². The van der Waals surface area contributed by atoms with Crippen molar-refractivity contribution in [3.8, 4) is 0 Å². The predicted molar refractivity (Wildman–Crippen MR) is 88.4 cm³/mol. The topological polar surface area (TPSA) is 59.0 Å². The van der Waals surface area contributed by atoms with Crippen molar-refractivity contribution in [1.82, 2.24) is 0 Å². The van der Waals surface area contributed by atoms with Crippen LogP contribution in [0.2, 0.25) is 0 Å². The molecule has 0 aliphatic heterocycles. The van der Waals surface area contributed by atoms with Crippen LogP contribution in [0.5, 0.6) is 0 Å². The van der Waals surface area contributed by atoms with Crippen molar-refractivity contribution < 1.29 is 14.3 Å². The third-order valence-electron chi connectivity index (χ3n) is 3.29. The van der Waals surface area contributed by atoms with Gasteiger partial charge in [0.15, 0.2) is 0 Å². The number of amidine groups is 1. The number of carbonyl (C=O) groups is 2. The molecule has 5 heteroatoms. The van der Waals surface area contributed by atoms with E-state index in [-0.39, 0.29) is 11.9 Å². The number of anilines is 1. The summed E-state index contributed by atoms with van der Waals surface area (Å²) in [5, 5.41) is 0. The highest BCUT2D eigenvalue weighted by atomic mass is 16.5. The van der Waals surface area contributed by atoms with Crippen LogP contribution in [0.3, 0.4) is 0 Å². The number of carbonyl (C=O) groups excluding carboxylic acids is 2. The molecule has 0 aliphatic carbocycles. The first-order chi connectivity index (χ1) is 10.5. The minimum atomic E-state index is -0.339. The summed E-state index contributed by atoms with van der Waals surface area (Å²) >= 11 is 0. The van der Waals surface area contributed by atoms with Gasteiger partial charge >= 0.3 is 5.97 Å². The van der Waals surface area contributed by atoms with Gasteiger partial charge < -0.3 is 4.74 Å². The molecule has 0 radical (unpaired) electrons. The van der Waals surface area contributed by atoms with Crippen LogP contribution in [0.1, 0.15) is 50.4 Å². The summed E-state index contributed by atoms with van der Waals surface area (Å²) < 4.78 is 5.16. The lowest BCUT2D eigenvalue weighted by atomic mass is 10.2. The zero-order valence-electron chi connectivity index (χ0n) is 13.8. The quantitative estimate of drug-likeness (QED) is 0.350. The molecule has 22 heavy (non-hydrogen) atoms. The van der Waals surface area contributed by atoms with Crippen LogP contribution < -0.4 is 4.90 Å². The van der Waals surface area contributed by atoms with E-state index >= 15 is 0 Å². The van der Waals surface area contributed by atoms with Crippen molar-refractivity contribution in [3.05, 3.63) is 29.8 Å². The maximum Gasteiger partial charge on any atom is 0.338 e. The van der Waals surface area contributed by atoms with Crippen LogP contribution in [0.4, 0.5) is 5.69 Å². The van der Waals surface area contributed by atoms with E-state index in [4.69, 9.17) is 4.74 Å². The fourth-order valence-corrected chi connectivity index (χ4v) is 1.91. The molecule has 0 unspecified atom stereocenters. The van der Waals surface area contributed by atoms with E-state index in [9.17, 15) is 9.59 Å². The van der Waals surface area contributed by atoms with Gasteiger partial charge in [-0.15, -0.1) is 0 Å². The largest absolute Gasteiger partial charge is 0.462 e. The third-order valence-corrected chi connectivity index (χ3v) is 3.29. The third kappa shape index (κ3) is 4.69. The van der Waals surface area contributed by atoms with E-state index in [1.165, 1.54) is 0 Å². The van der Waals surface area contributed by atoms with E-state index in [1.54, 1.807) is 50.1 Å². The van der Waals surface area contributed by atoms with Crippen molar-refractivity contribution >= 4 is 23.4 Å². The van der Waals surface area contributed by atoms with Gasteiger partial charge in [-0.05, 0) is 37.6 Å². The molecule has 0 fully saturated rings. The Labute approximate surface area is 132 Å². The zero-order valence-corrected chi connectivity index (χ0v) is 13.8. The van der Waals surface area contributed by atoms with Gasteiger partial charge in [0.25, 0.3) is 0 Å².